The number of aromatic nitrogens is 3. The summed E-state index contributed by atoms with van der Waals surface area (Å²) >= 11 is 3.56. The number of fused-ring (bicyclic) bond motifs is 1. The quantitative estimate of drug-likeness (QED) is 0.857. The summed E-state index contributed by atoms with van der Waals surface area (Å²) in [6, 6.07) is 5.95. The molecule has 0 radical (unpaired) electrons. The van der Waals surface area contributed by atoms with Gasteiger partial charge in [-0.3, -0.25) is 4.90 Å². The highest BCUT2D eigenvalue weighted by molar-refractivity contribution is 9.10. The van der Waals surface area contributed by atoms with Crippen molar-refractivity contribution in [3.8, 4) is 0 Å². The summed E-state index contributed by atoms with van der Waals surface area (Å²) < 4.78 is 3.17. The maximum atomic E-state index is 5.74. The van der Waals surface area contributed by atoms with Crippen LogP contribution >= 0.6 is 15.9 Å². The van der Waals surface area contributed by atoms with Crippen LogP contribution < -0.4 is 5.73 Å². The minimum Gasteiger partial charge on any atom is -0.399 e. The third-order valence-corrected chi connectivity index (χ3v) is 3.93. The summed E-state index contributed by atoms with van der Waals surface area (Å²) in [5, 5.41) is 8.06. The molecule has 0 aliphatic carbocycles. The van der Waals surface area contributed by atoms with Crippen molar-refractivity contribution in [2.24, 2.45) is 0 Å². The second-order valence-corrected chi connectivity index (χ2v) is 5.36. The molecule has 0 fully saturated rings. The third-order valence-electron chi connectivity index (χ3n) is 3.19. The highest BCUT2D eigenvalue weighted by Gasteiger charge is 2.18. The lowest BCUT2D eigenvalue weighted by atomic mass is 10.2. The molecular formula is C12H14BrN5. The molecule has 0 saturated carbocycles. The van der Waals surface area contributed by atoms with Gasteiger partial charge in [0.05, 0.1) is 6.54 Å². The second-order valence-electron chi connectivity index (χ2n) is 4.50. The fraction of sp³-hybridized carbons (Fsp3) is 0.333. The number of halogens is 1. The molecule has 0 bridgehead atoms. The van der Waals surface area contributed by atoms with Crippen molar-refractivity contribution in [2.45, 2.75) is 19.6 Å². The number of anilines is 1. The first-order valence-corrected chi connectivity index (χ1v) is 6.64. The predicted octanol–water partition coefficient (Wildman–Crippen LogP) is 1.64. The number of nitrogens with zero attached hydrogens (tertiary/aromatic N) is 4. The van der Waals surface area contributed by atoms with Gasteiger partial charge < -0.3 is 10.3 Å². The molecule has 1 aliphatic heterocycles. The molecule has 2 aromatic rings. The smallest absolute Gasteiger partial charge is 0.147 e. The Balaban J connectivity index is 1.74. The molecule has 5 nitrogen and oxygen atoms in total. The summed E-state index contributed by atoms with van der Waals surface area (Å²) in [5.41, 5.74) is 7.77. The first-order valence-electron chi connectivity index (χ1n) is 5.85. The van der Waals surface area contributed by atoms with E-state index in [1.165, 1.54) is 5.56 Å². The first-order chi connectivity index (χ1) is 8.72. The highest BCUT2D eigenvalue weighted by atomic mass is 79.9. The topological polar surface area (TPSA) is 60.0 Å². The van der Waals surface area contributed by atoms with Gasteiger partial charge in [-0.1, -0.05) is 22.0 Å². The van der Waals surface area contributed by atoms with Gasteiger partial charge in [-0.2, -0.15) is 0 Å². The average Bonchev–Trinajstić information content (AvgIpc) is 2.80. The maximum Gasteiger partial charge on any atom is 0.147 e. The molecule has 2 heterocycles. The van der Waals surface area contributed by atoms with Crippen LogP contribution in [0.25, 0.3) is 0 Å². The maximum absolute atomic E-state index is 5.74. The molecule has 1 aromatic heterocycles. The Bertz CT molecular complexity index is 565. The van der Waals surface area contributed by atoms with Crippen LogP contribution in [0.5, 0.6) is 0 Å². The van der Waals surface area contributed by atoms with Crippen molar-refractivity contribution in [3.05, 3.63) is 40.4 Å². The first kappa shape index (κ1) is 11.7. The fourth-order valence-electron chi connectivity index (χ4n) is 2.18. The van der Waals surface area contributed by atoms with Crippen molar-refractivity contribution < 1.29 is 0 Å². The predicted molar refractivity (Wildman–Crippen MR) is 72.7 cm³/mol. The SMILES string of the molecule is Nc1ccc(CN2CCn3cnnc3C2)c(Br)c1. The average molecular weight is 308 g/mol. The molecule has 0 atom stereocenters. The van der Waals surface area contributed by atoms with Gasteiger partial charge in [-0.25, -0.2) is 0 Å². The Hall–Kier alpha value is -1.40. The zero-order chi connectivity index (χ0) is 12.5. The molecular weight excluding hydrogens is 294 g/mol. The Labute approximate surface area is 114 Å². The van der Waals surface area contributed by atoms with Gasteiger partial charge in [0.25, 0.3) is 0 Å². The van der Waals surface area contributed by atoms with Crippen LogP contribution in [-0.2, 0) is 19.6 Å². The van der Waals surface area contributed by atoms with Gasteiger partial charge in [-0.05, 0) is 17.7 Å². The normalized spacial score (nSPS) is 15.6. The van der Waals surface area contributed by atoms with Gasteiger partial charge in [0.15, 0.2) is 0 Å². The molecule has 0 spiro atoms. The Morgan fingerprint density at radius 1 is 1.33 bits per heavy atom. The van der Waals surface area contributed by atoms with Crippen LogP contribution in [0.4, 0.5) is 5.69 Å². The molecule has 3 rings (SSSR count). The number of benzene rings is 1. The fourth-order valence-corrected chi connectivity index (χ4v) is 2.71. The van der Waals surface area contributed by atoms with Crippen LogP contribution in [0.2, 0.25) is 0 Å². The monoisotopic (exact) mass is 307 g/mol. The molecule has 1 aliphatic rings. The van der Waals surface area contributed by atoms with Crippen molar-refractivity contribution in [1.29, 1.82) is 0 Å². The van der Waals surface area contributed by atoms with E-state index in [-0.39, 0.29) is 0 Å². The van der Waals surface area contributed by atoms with Gasteiger partial charge in [0.1, 0.15) is 12.2 Å². The molecule has 2 N–H and O–H groups in total. The molecule has 0 unspecified atom stereocenters. The Morgan fingerprint density at radius 3 is 3.06 bits per heavy atom. The number of hydrogen-bond acceptors (Lipinski definition) is 4. The summed E-state index contributed by atoms with van der Waals surface area (Å²) in [7, 11) is 0. The van der Waals surface area contributed by atoms with E-state index in [9.17, 15) is 0 Å². The standard InChI is InChI=1S/C12H14BrN5/c13-11-5-10(14)2-1-9(11)6-17-3-4-18-8-15-16-12(18)7-17/h1-2,5,8H,3-4,6-7,14H2. The van der Waals surface area contributed by atoms with Gasteiger partial charge in [-0.15, -0.1) is 10.2 Å². The Kier molecular flexibility index (Phi) is 3.05. The molecule has 18 heavy (non-hydrogen) atoms. The minimum atomic E-state index is 0.781. The van der Waals surface area contributed by atoms with Gasteiger partial charge >= 0.3 is 0 Å². The van der Waals surface area contributed by atoms with E-state index in [0.717, 1.165) is 42.2 Å². The lowest BCUT2D eigenvalue weighted by molar-refractivity contribution is 0.208. The minimum absolute atomic E-state index is 0.781. The lowest BCUT2D eigenvalue weighted by Crippen LogP contribution is -2.33. The Morgan fingerprint density at radius 2 is 2.22 bits per heavy atom. The van der Waals surface area contributed by atoms with E-state index in [2.05, 4.69) is 41.7 Å². The van der Waals surface area contributed by atoms with E-state index < -0.39 is 0 Å². The lowest BCUT2D eigenvalue weighted by Gasteiger charge is -2.27. The summed E-state index contributed by atoms with van der Waals surface area (Å²) in [6.07, 6.45) is 1.80. The highest BCUT2D eigenvalue weighted by Crippen LogP contribution is 2.22. The van der Waals surface area contributed by atoms with Crippen LogP contribution in [0, 0.1) is 0 Å². The van der Waals surface area contributed by atoms with E-state index in [1.54, 1.807) is 6.33 Å². The number of rotatable bonds is 2. The molecule has 6 heteroatoms. The number of hydrogen-bond donors (Lipinski definition) is 1. The zero-order valence-electron chi connectivity index (χ0n) is 9.88. The molecule has 0 amide bonds. The third kappa shape index (κ3) is 2.26. The van der Waals surface area contributed by atoms with E-state index in [4.69, 9.17) is 5.73 Å². The largest absolute Gasteiger partial charge is 0.399 e. The summed E-state index contributed by atoms with van der Waals surface area (Å²) in [5.74, 6) is 1.04. The van der Waals surface area contributed by atoms with Crippen molar-refractivity contribution in [2.75, 3.05) is 12.3 Å². The van der Waals surface area contributed by atoms with Crippen LogP contribution in [0.3, 0.4) is 0 Å². The van der Waals surface area contributed by atoms with Crippen molar-refractivity contribution >= 4 is 21.6 Å². The number of nitrogens with two attached hydrogens (primary N) is 1. The van der Waals surface area contributed by atoms with Crippen LogP contribution in [0.15, 0.2) is 29.0 Å². The molecule has 94 valence electrons. The van der Waals surface area contributed by atoms with Crippen LogP contribution in [-0.4, -0.2) is 26.2 Å². The van der Waals surface area contributed by atoms with Crippen molar-refractivity contribution in [3.63, 3.8) is 0 Å². The second kappa shape index (κ2) is 4.70. The molecule has 0 saturated heterocycles. The molecule has 1 aromatic carbocycles. The van der Waals surface area contributed by atoms with Crippen LogP contribution in [0.1, 0.15) is 11.4 Å². The summed E-state index contributed by atoms with van der Waals surface area (Å²) in [6.45, 7) is 3.71. The summed E-state index contributed by atoms with van der Waals surface area (Å²) in [4.78, 5) is 2.36. The van der Waals surface area contributed by atoms with E-state index >= 15 is 0 Å². The van der Waals surface area contributed by atoms with Gasteiger partial charge in [0, 0.05) is 29.8 Å². The number of nitrogen functional groups attached to an aromatic ring is 1. The zero-order valence-corrected chi connectivity index (χ0v) is 11.5. The van der Waals surface area contributed by atoms with E-state index in [0.29, 0.717) is 0 Å². The van der Waals surface area contributed by atoms with E-state index in [1.807, 2.05) is 12.1 Å². The van der Waals surface area contributed by atoms with Gasteiger partial charge in [0.2, 0.25) is 0 Å². The van der Waals surface area contributed by atoms with Crippen molar-refractivity contribution in [1.82, 2.24) is 19.7 Å².